The third-order valence-electron chi connectivity index (χ3n) is 2.45. The molecule has 18 heavy (non-hydrogen) atoms. The van der Waals surface area contributed by atoms with Gasteiger partial charge in [-0.2, -0.15) is 0 Å². The van der Waals surface area contributed by atoms with Crippen LogP contribution in [0.3, 0.4) is 0 Å². The number of hydrogen-bond acceptors (Lipinski definition) is 1. The van der Waals surface area contributed by atoms with Crippen molar-refractivity contribution in [1.29, 1.82) is 0 Å². The van der Waals surface area contributed by atoms with Crippen LogP contribution in [0.1, 0.15) is 34.1 Å². The molecular weight excluding hydrogens is 337 g/mol. The lowest BCUT2D eigenvalue weighted by Gasteiger charge is -2.20. The van der Waals surface area contributed by atoms with Gasteiger partial charge in [-0.05, 0) is 46.7 Å². The predicted octanol–water partition coefficient (Wildman–Crippen LogP) is 3.35. The van der Waals surface area contributed by atoms with Gasteiger partial charge in [-0.1, -0.05) is 22.5 Å². The Kier molecular flexibility index (Phi) is 10.3. The smallest absolute Gasteiger partial charge is 0.341 e. The molecule has 0 fully saturated rings. The van der Waals surface area contributed by atoms with Crippen LogP contribution >= 0.6 is 33.2 Å². The van der Waals surface area contributed by atoms with Crippen molar-refractivity contribution >= 4 is 58.6 Å². The number of rotatable bonds is 8. The van der Waals surface area contributed by atoms with E-state index in [9.17, 15) is 0 Å². The van der Waals surface area contributed by atoms with Crippen LogP contribution in [0.5, 0.6) is 0 Å². The zero-order chi connectivity index (χ0) is 14.2. The minimum absolute atomic E-state index is 0.255. The summed E-state index contributed by atoms with van der Waals surface area (Å²) in [6.07, 6.45) is 1.02. The molecule has 0 radical (unpaired) electrons. The third-order valence-corrected chi connectivity index (χ3v) is 10.3. The van der Waals surface area contributed by atoms with Crippen molar-refractivity contribution in [2.24, 2.45) is 0 Å². The van der Waals surface area contributed by atoms with Gasteiger partial charge in [0.1, 0.15) is 19.4 Å². The summed E-state index contributed by atoms with van der Waals surface area (Å²) < 4.78 is 2.66. The van der Waals surface area contributed by atoms with E-state index in [0.29, 0.717) is 0 Å². The summed E-state index contributed by atoms with van der Waals surface area (Å²) in [6, 6.07) is -1.65. The van der Waals surface area contributed by atoms with Crippen molar-refractivity contribution in [2.75, 3.05) is 6.54 Å². The Labute approximate surface area is 131 Å². The van der Waals surface area contributed by atoms with Crippen LogP contribution in [0.25, 0.3) is 0 Å². The number of halogens is 3. The Morgan fingerprint density at radius 2 is 1.44 bits per heavy atom. The standard InChI is InChI=1S/C11H24Cl3NSi3/c1-10(2)8-16-15(17-9-11(3)4)6-5-7-18(12,13)14/h8-9H,5-7,16-17H2,1-4H3. The van der Waals surface area contributed by atoms with Gasteiger partial charge in [0.15, 0.2) is 0 Å². The van der Waals surface area contributed by atoms with Crippen LogP contribution < -0.4 is 0 Å². The molecule has 0 aliphatic heterocycles. The normalized spacial score (nSPS) is 12.9. The monoisotopic (exact) mass is 359 g/mol. The Morgan fingerprint density at radius 1 is 1.00 bits per heavy atom. The molecule has 0 aliphatic carbocycles. The maximum atomic E-state index is 5.92. The molecule has 0 aromatic carbocycles. The predicted molar refractivity (Wildman–Crippen MR) is 95.4 cm³/mol. The zero-order valence-electron chi connectivity index (χ0n) is 11.8. The van der Waals surface area contributed by atoms with Crippen molar-refractivity contribution in [3.8, 4) is 0 Å². The Balaban J connectivity index is 4.21. The minimum atomic E-state index is -2.42. The highest BCUT2D eigenvalue weighted by Crippen LogP contribution is 2.26. The molecule has 7 heteroatoms. The van der Waals surface area contributed by atoms with E-state index in [-0.39, 0.29) is 19.4 Å². The van der Waals surface area contributed by atoms with Crippen LogP contribution in [0.15, 0.2) is 22.5 Å². The Morgan fingerprint density at radius 3 is 1.78 bits per heavy atom. The largest absolute Gasteiger partial charge is 0.349 e. The van der Waals surface area contributed by atoms with E-state index in [1.54, 1.807) is 0 Å². The van der Waals surface area contributed by atoms with Crippen LogP contribution in [0.4, 0.5) is 0 Å². The lowest BCUT2D eigenvalue weighted by molar-refractivity contribution is 0.659. The maximum Gasteiger partial charge on any atom is 0.341 e. The molecule has 0 bridgehead atoms. The molecule has 1 nitrogen and oxygen atoms in total. The van der Waals surface area contributed by atoms with Gasteiger partial charge in [0.05, 0.1) is 0 Å². The quantitative estimate of drug-likeness (QED) is 0.474. The highest BCUT2D eigenvalue weighted by Gasteiger charge is 2.24. The van der Waals surface area contributed by atoms with E-state index in [1.807, 2.05) is 0 Å². The summed E-state index contributed by atoms with van der Waals surface area (Å²) in [7, 11) is -0.509. The molecule has 0 aliphatic rings. The SMILES string of the molecule is CC(C)=C[SiH2]N(CCC[Si](Cl)(Cl)Cl)[SiH2]C=C(C)C. The van der Waals surface area contributed by atoms with Gasteiger partial charge in [-0.3, -0.25) is 0 Å². The first-order chi connectivity index (χ1) is 8.20. The first-order valence-corrected chi connectivity index (χ1v) is 14.4. The van der Waals surface area contributed by atoms with Crippen molar-refractivity contribution in [1.82, 2.24) is 4.23 Å². The Hall–Kier alpha value is 0.961. The van der Waals surface area contributed by atoms with Crippen molar-refractivity contribution in [3.05, 3.63) is 22.5 Å². The van der Waals surface area contributed by atoms with Crippen LogP contribution in [-0.4, -0.2) is 36.1 Å². The zero-order valence-corrected chi connectivity index (χ0v) is 17.9. The summed E-state index contributed by atoms with van der Waals surface area (Å²) in [5.74, 6) is 0. The topological polar surface area (TPSA) is 3.24 Å². The molecule has 0 unspecified atom stereocenters. The fourth-order valence-corrected chi connectivity index (χ4v) is 6.58. The van der Waals surface area contributed by atoms with Gasteiger partial charge in [0.25, 0.3) is 0 Å². The van der Waals surface area contributed by atoms with Crippen LogP contribution in [0, 0.1) is 0 Å². The minimum Gasteiger partial charge on any atom is -0.349 e. The summed E-state index contributed by atoms with van der Waals surface area (Å²) in [5.41, 5.74) is 7.68. The second-order valence-corrected chi connectivity index (χ2v) is 18.5. The first kappa shape index (κ1) is 19.0. The molecule has 0 spiro atoms. The summed E-state index contributed by atoms with van der Waals surface area (Å²) >= 11 is 17.8. The van der Waals surface area contributed by atoms with E-state index < -0.39 is 6.00 Å². The summed E-state index contributed by atoms with van der Waals surface area (Å²) in [6.45, 7) is 9.78. The molecule has 0 atom stereocenters. The van der Waals surface area contributed by atoms with E-state index in [4.69, 9.17) is 33.2 Å². The van der Waals surface area contributed by atoms with Crippen LogP contribution in [0.2, 0.25) is 6.04 Å². The Bertz CT molecular complexity index is 272. The average molecular weight is 361 g/mol. The molecule has 0 rings (SSSR count). The second-order valence-electron chi connectivity index (χ2n) is 5.04. The number of hydrogen-bond donors (Lipinski definition) is 0. The van der Waals surface area contributed by atoms with Gasteiger partial charge in [0, 0.05) is 0 Å². The number of nitrogens with zero attached hydrogens (tertiary/aromatic N) is 1. The van der Waals surface area contributed by atoms with Gasteiger partial charge >= 0.3 is 6.00 Å². The summed E-state index contributed by atoms with van der Waals surface area (Å²) in [5, 5.41) is 0. The van der Waals surface area contributed by atoms with E-state index in [0.717, 1.165) is 19.0 Å². The van der Waals surface area contributed by atoms with E-state index in [2.05, 4.69) is 43.3 Å². The highest BCUT2D eigenvalue weighted by atomic mass is 35.8. The van der Waals surface area contributed by atoms with Gasteiger partial charge in [0.2, 0.25) is 0 Å². The number of allylic oxidation sites excluding steroid dienone is 2. The fraction of sp³-hybridized carbons (Fsp3) is 0.636. The van der Waals surface area contributed by atoms with Crippen LogP contribution in [-0.2, 0) is 0 Å². The third kappa shape index (κ3) is 13.4. The second kappa shape index (κ2) is 9.80. The van der Waals surface area contributed by atoms with Crippen molar-refractivity contribution < 1.29 is 0 Å². The molecule has 106 valence electrons. The van der Waals surface area contributed by atoms with Gasteiger partial charge in [-0.15, -0.1) is 33.2 Å². The molecular formula is C11H24Cl3NSi3. The molecule has 0 N–H and O–H groups in total. The molecule has 0 aromatic rings. The van der Waals surface area contributed by atoms with Gasteiger partial charge < -0.3 is 4.23 Å². The molecule has 0 saturated heterocycles. The maximum absolute atomic E-state index is 5.92. The van der Waals surface area contributed by atoms with Gasteiger partial charge in [-0.25, -0.2) is 0 Å². The average Bonchev–Trinajstić information content (AvgIpc) is 2.19. The molecule has 0 amide bonds. The highest BCUT2D eigenvalue weighted by molar-refractivity contribution is 7.64. The van der Waals surface area contributed by atoms with E-state index >= 15 is 0 Å². The lowest BCUT2D eigenvalue weighted by Crippen LogP contribution is -2.32. The molecule has 0 saturated carbocycles. The fourth-order valence-electron chi connectivity index (χ4n) is 1.38. The van der Waals surface area contributed by atoms with E-state index in [1.165, 1.54) is 11.1 Å². The molecule has 0 heterocycles. The van der Waals surface area contributed by atoms with Crippen molar-refractivity contribution in [3.63, 3.8) is 0 Å². The lowest BCUT2D eigenvalue weighted by atomic mass is 10.4. The first-order valence-electron chi connectivity index (χ1n) is 6.26. The van der Waals surface area contributed by atoms with Crippen molar-refractivity contribution in [2.45, 2.75) is 40.2 Å². The molecule has 0 aromatic heterocycles. The summed E-state index contributed by atoms with van der Waals surface area (Å²) in [4.78, 5) is 0.